The quantitative estimate of drug-likeness (QED) is 0.411. The highest BCUT2D eigenvalue weighted by atomic mass is 16.5. The van der Waals surface area contributed by atoms with Crippen LogP contribution in [-0.2, 0) is 30.3 Å². The standard InChI is InChI=1S/C25H32N4O5/c1-17(14-21(26)30)28-23(32)16-27-24(33)25(10-12-34-13-11-25)29-22(31)9-7-18-6-8-19-4-2-3-5-20(19)15-18/h2-6,8,15,17H,7,9-14,16H2,1H3,(H2,26,30)(H,27,33)(H,28,32)(H,29,31). The van der Waals surface area contributed by atoms with E-state index in [4.69, 9.17) is 10.5 Å². The Morgan fingerprint density at radius 2 is 1.74 bits per heavy atom. The van der Waals surface area contributed by atoms with Crippen molar-refractivity contribution in [2.75, 3.05) is 19.8 Å². The molecule has 1 aliphatic heterocycles. The van der Waals surface area contributed by atoms with Gasteiger partial charge in [-0.15, -0.1) is 0 Å². The second-order valence-electron chi connectivity index (χ2n) is 8.75. The molecule has 2 aromatic carbocycles. The summed E-state index contributed by atoms with van der Waals surface area (Å²) < 4.78 is 5.39. The fourth-order valence-electron chi connectivity index (χ4n) is 4.12. The van der Waals surface area contributed by atoms with E-state index in [9.17, 15) is 19.2 Å². The van der Waals surface area contributed by atoms with Gasteiger partial charge >= 0.3 is 0 Å². The number of aryl methyl sites for hydroxylation is 1. The van der Waals surface area contributed by atoms with E-state index in [1.165, 1.54) is 0 Å². The molecule has 3 rings (SSSR count). The lowest BCUT2D eigenvalue weighted by atomic mass is 9.88. The summed E-state index contributed by atoms with van der Waals surface area (Å²) in [6.07, 6.45) is 1.43. The highest BCUT2D eigenvalue weighted by molar-refractivity contribution is 5.94. The number of benzene rings is 2. The van der Waals surface area contributed by atoms with Crippen LogP contribution in [0.2, 0.25) is 0 Å². The predicted molar refractivity (Wildman–Crippen MR) is 128 cm³/mol. The average Bonchev–Trinajstić information content (AvgIpc) is 2.81. The molecule has 182 valence electrons. The van der Waals surface area contributed by atoms with E-state index in [0.717, 1.165) is 16.3 Å². The Hall–Kier alpha value is -3.46. The molecule has 2 aromatic rings. The minimum atomic E-state index is -1.13. The van der Waals surface area contributed by atoms with Crippen molar-refractivity contribution in [2.45, 2.75) is 50.6 Å². The number of nitrogens with two attached hydrogens (primary N) is 1. The Kier molecular flexibility index (Phi) is 8.59. The van der Waals surface area contributed by atoms with Crippen LogP contribution in [0, 0.1) is 0 Å². The summed E-state index contributed by atoms with van der Waals surface area (Å²) in [5.41, 5.74) is 5.04. The van der Waals surface area contributed by atoms with E-state index in [1.807, 2.05) is 36.4 Å². The summed E-state index contributed by atoms with van der Waals surface area (Å²) in [6, 6.07) is 13.7. The molecule has 1 aliphatic rings. The highest BCUT2D eigenvalue weighted by Gasteiger charge is 2.41. The largest absolute Gasteiger partial charge is 0.381 e. The SMILES string of the molecule is CC(CC(N)=O)NC(=O)CNC(=O)C1(NC(=O)CCc2ccc3ccccc3c2)CCOCC1. The third kappa shape index (κ3) is 7.02. The molecule has 9 nitrogen and oxygen atoms in total. The summed E-state index contributed by atoms with van der Waals surface area (Å²) in [7, 11) is 0. The van der Waals surface area contributed by atoms with Gasteiger partial charge in [0.05, 0.1) is 6.54 Å². The number of fused-ring (bicyclic) bond motifs is 1. The van der Waals surface area contributed by atoms with Crippen molar-refractivity contribution < 1.29 is 23.9 Å². The van der Waals surface area contributed by atoms with Crippen molar-refractivity contribution >= 4 is 34.4 Å². The van der Waals surface area contributed by atoms with Gasteiger partial charge in [0.2, 0.25) is 23.6 Å². The fourth-order valence-corrected chi connectivity index (χ4v) is 4.12. The first-order valence-corrected chi connectivity index (χ1v) is 11.5. The van der Waals surface area contributed by atoms with Crippen molar-refractivity contribution in [1.82, 2.24) is 16.0 Å². The number of primary amides is 1. The normalized spacial score (nSPS) is 15.8. The van der Waals surface area contributed by atoms with E-state index < -0.39 is 29.3 Å². The number of nitrogens with one attached hydrogen (secondary N) is 3. The molecule has 4 amide bonds. The third-order valence-corrected chi connectivity index (χ3v) is 5.94. The van der Waals surface area contributed by atoms with Crippen molar-refractivity contribution in [2.24, 2.45) is 5.73 Å². The number of carbonyl (C=O) groups excluding carboxylic acids is 4. The maximum atomic E-state index is 13.0. The Bertz CT molecular complexity index is 1050. The van der Waals surface area contributed by atoms with Crippen LogP contribution in [0.15, 0.2) is 42.5 Å². The molecule has 1 atom stereocenters. The first-order chi connectivity index (χ1) is 16.3. The Morgan fingerprint density at radius 1 is 1.03 bits per heavy atom. The molecule has 34 heavy (non-hydrogen) atoms. The number of ether oxygens (including phenoxy) is 1. The molecule has 0 radical (unpaired) electrons. The molecule has 1 unspecified atom stereocenters. The fraction of sp³-hybridized carbons (Fsp3) is 0.440. The summed E-state index contributed by atoms with van der Waals surface area (Å²) >= 11 is 0. The van der Waals surface area contributed by atoms with Gasteiger partial charge < -0.3 is 26.4 Å². The van der Waals surface area contributed by atoms with E-state index in [1.54, 1.807) is 6.92 Å². The first kappa shape index (κ1) is 25.2. The Morgan fingerprint density at radius 3 is 2.44 bits per heavy atom. The number of carbonyl (C=O) groups is 4. The van der Waals surface area contributed by atoms with Crippen molar-refractivity contribution in [3.8, 4) is 0 Å². The van der Waals surface area contributed by atoms with Crippen molar-refractivity contribution in [1.29, 1.82) is 0 Å². The van der Waals surface area contributed by atoms with Gasteiger partial charge in [0.1, 0.15) is 5.54 Å². The Labute approximate surface area is 198 Å². The van der Waals surface area contributed by atoms with Crippen LogP contribution in [0.3, 0.4) is 0 Å². The third-order valence-electron chi connectivity index (χ3n) is 5.94. The summed E-state index contributed by atoms with van der Waals surface area (Å²) in [5.74, 6) is -1.62. The smallest absolute Gasteiger partial charge is 0.246 e. The average molecular weight is 469 g/mol. The number of hydrogen-bond donors (Lipinski definition) is 4. The molecular weight excluding hydrogens is 436 g/mol. The molecule has 0 aliphatic carbocycles. The van der Waals surface area contributed by atoms with Crippen LogP contribution < -0.4 is 21.7 Å². The summed E-state index contributed by atoms with van der Waals surface area (Å²) in [6.45, 7) is 2.05. The maximum absolute atomic E-state index is 13.0. The molecule has 1 heterocycles. The van der Waals surface area contributed by atoms with Gasteiger partial charge in [-0.2, -0.15) is 0 Å². The lowest BCUT2D eigenvalue weighted by Gasteiger charge is -2.36. The summed E-state index contributed by atoms with van der Waals surface area (Å²) in [4.78, 5) is 48.9. The van der Waals surface area contributed by atoms with Gasteiger partial charge in [-0.3, -0.25) is 19.2 Å². The van der Waals surface area contributed by atoms with E-state index >= 15 is 0 Å². The topological polar surface area (TPSA) is 140 Å². The minimum Gasteiger partial charge on any atom is -0.381 e. The van der Waals surface area contributed by atoms with Crippen LogP contribution in [0.4, 0.5) is 0 Å². The second kappa shape index (κ2) is 11.6. The molecule has 0 bridgehead atoms. The van der Waals surface area contributed by atoms with Crippen molar-refractivity contribution in [3.63, 3.8) is 0 Å². The number of hydrogen-bond acceptors (Lipinski definition) is 5. The van der Waals surface area contributed by atoms with Gasteiger partial charge in [-0.1, -0.05) is 42.5 Å². The molecule has 1 saturated heterocycles. The molecule has 9 heteroatoms. The second-order valence-corrected chi connectivity index (χ2v) is 8.75. The predicted octanol–water partition coefficient (Wildman–Crippen LogP) is 0.934. The molecule has 5 N–H and O–H groups in total. The number of amides is 4. The highest BCUT2D eigenvalue weighted by Crippen LogP contribution is 2.22. The van der Waals surface area contributed by atoms with E-state index in [-0.39, 0.29) is 25.3 Å². The maximum Gasteiger partial charge on any atom is 0.246 e. The molecular formula is C25H32N4O5. The van der Waals surface area contributed by atoms with Gasteiger partial charge in [0.25, 0.3) is 0 Å². The molecule has 0 spiro atoms. The zero-order valence-corrected chi connectivity index (χ0v) is 19.4. The van der Waals surface area contributed by atoms with Crippen LogP contribution in [0.1, 0.15) is 38.2 Å². The van der Waals surface area contributed by atoms with Crippen molar-refractivity contribution in [3.05, 3.63) is 48.0 Å². The lowest BCUT2D eigenvalue weighted by Crippen LogP contribution is -2.62. The Balaban J connectivity index is 1.55. The zero-order chi connectivity index (χ0) is 24.6. The molecule has 1 fully saturated rings. The monoisotopic (exact) mass is 468 g/mol. The number of rotatable bonds is 10. The van der Waals surface area contributed by atoms with Crippen LogP contribution >= 0.6 is 0 Å². The first-order valence-electron chi connectivity index (χ1n) is 11.5. The van der Waals surface area contributed by atoms with E-state index in [2.05, 4.69) is 22.0 Å². The van der Waals surface area contributed by atoms with Gasteiger partial charge in [0, 0.05) is 44.9 Å². The van der Waals surface area contributed by atoms with Gasteiger partial charge in [-0.05, 0) is 29.7 Å². The van der Waals surface area contributed by atoms with Gasteiger partial charge in [0.15, 0.2) is 0 Å². The van der Waals surface area contributed by atoms with Crippen LogP contribution in [-0.4, -0.2) is 55.0 Å². The van der Waals surface area contributed by atoms with Crippen LogP contribution in [0.25, 0.3) is 10.8 Å². The zero-order valence-electron chi connectivity index (χ0n) is 19.4. The molecule has 0 saturated carbocycles. The lowest BCUT2D eigenvalue weighted by molar-refractivity contribution is -0.138. The summed E-state index contributed by atoms with van der Waals surface area (Å²) in [5, 5.41) is 10.4. The van der Waals surface area contributed by atoms with Crippen LogP contribution in [0.5, 0.6) is 0 Å². The molecule has 0 aromatic heterocycles. The van der Waals surface area contributed by atoms with Gasteiger partial charge in [-0.25, -0.2) is 0 Å². The van der Waals surface area contributed by atoms with E-state index in [0.29, 0.717) is 32.5 Å². The minimum absolute atomic E-state index is 0.00816.